The lowest BCUT2D eigenvalue weighted by Gasteiger charge is -2.37. The van der Waals surface area contributed by atoms with E-state index in [0.717, 1.165) is 23.1 Å². The Morgan fingerprint density at radius 1 is 1.14 bits per heavy atom. The van der Waals surface area contributed by atoms with Crippen molar-refractivity contribution in [2.45, 2.75) is 31.7 Å². The van der Waals surface area contributed by atoms with Crippen LogP contribution in [0.5, 0.6) is 5.75 Å². The summed E-state index contributed by atoms with van der Waals surface area (Å²) in [5, 5.41) is 3.61. The highest BCUT2D eigenvalue weighted by Crippen LogP contribution is 2.42. The molecule has 0 aromatic heterocycles. The summed E-state index contributed by atoms with van der Waals surface area (Å²) < 4.78 is 6.62. The quantitative estimate of drug-likeness (QED) is 0.829. The minimum absolute atomic E-state index is 0.550. The third kappa shape index (κ3) is 3.08. The molecule has 0 amide bonds. The first-order chi connectivity index (χ1) is 10.2. The maximum atomic E-state index is 5.46. The highest BCUT2D eigenvalue weighted by Gasteiger charge is 2.31. The molecule has 1 saturated carbocycles. The first kappa shape index (κ1) is 14.5. The summed E-state index contributed by atoms with van der Waals surface area (Å²) in [5.41, 5.74) is 3.79. The highest BCUT2D eigenvalue weighted by atomic mass is 79.9. The lowest BCUT2D eigenvalue weighted by Crippen LogP contribution is -2.34. The van der Waals surface area contributed by atoms with Gasteiger partial charge in [-0.3, -0.25) is 0 Å². The first-order valence-corrected chi connectivity index (χ1v) is 8.12. The van der Waals surface area contributed by atoms with E-state index in [0.29, 0.717) is 12.0 Å². The Balaban J connectivity index is 1.62. The van der Waals surface area contributed by atoms with Crippen molar-refractivity contribution in [1.29, 1.82) is 0 Å². The number of para-hydroxylation sites is 1. The van der Waals surface area contributed by atoms with Crippen molar-refractivity contribution >= 4 is 21.6 Å². The van der Waals surface area contributed by atoms with Crippen LogP contribution in [-0.2, 0) is 0 Å². The van der Waals surface area contributed by atoms with Crippen LogP contribution in [-0.4, -0.2) is 13.2 Å². The molecule has 1 aliphatic rings. The zero-order valence-electron chi connectivity index (χ0n) is 12.4. The maximum absolute atomic E-state index is 5.46. The molecule has 21 heavy (non-hydrogen) atoms. The third-order valence-electron chi connectivity index (χ3n) is 4.26. The first-order valence-electron chi connectivity index (χ1n) is 7.33. The van der Waals surface area contributed by atoms with Crippen molar-refractivity contribution in [2.24, 2.45) is 0 Å². The van der Waals surface area contributed by atoms with E-state index < -0.39 is 0 Å². The van der Waals surface area contributed by atoms with Crippen molar-refractivity contribution in [3.05, 3.63) is 58.1 Å². The Bertz CT molecular complexity index is 635. The fourth-order valence-corrected chi connectivity index (χ4v) is 3.29. The molecule has 0 saturated heterocycles. The number of benzene rings is 2. The van der Waals surface area contributed by atoms with Gasteiger partial charge in [0.25, 0.3) is 0 Å². The summed E-state index contributed by atoms with van der Waals surface area (Å²) in [6, 6.07) is 15.4. The number of halogens is 1. The molecule has 3 rings (SSSR count). The van der Waals surface area contributed by atoms with Crippen molar-refractivity contribution in [3.63, 3.8) is 0 Å². The van der Waals surface area contributed by atoms with Crippen LogP contribution in [0.25, 0.3) is 0 Å². The molecule has 110 valence electrons. The van der Waals surface area contributed by atoms with E-state index in [2.05, 4.69) is 58.5 Å². The van der Waals surface area contributed by atoms with Crippen LogP contribution in [0.4, 0.5) is 5.69 Å². The summed E-state index contributed by atoms with van der Waals surface area (Å²) >= 11 is 3.59. The fourth-order valence-electron chi connectivity index (χ4n) is 2.91. The number of aryl methyl sites for hydroxylation is 1. The van der Waals surface area contributed by atoms with Gasteiger partial charge in [0, 0.05) is 16.2 Å². The molecule has 1 N–H and O–H groups in total. The standard InChI is InChI=1S/C18H20BrNO/c1-12-7-8-14(11-17(12)19)20-15-9-13(10-15)16-5-3-4-6-18(16)21-2/h3-8,11,13,15,20H,9-10H2,1-2H3. The molecule has 2 aromatic rings. The van der Waals surface area contributed by atoms with Gasteiger partial charge < -0.3 is 10.1 Å². The zero-order valence-corrected chi connectivity index (χ0v) is 14.0. The van der Waals surface area contributed by atoms with E-state index in [-0.39, 0.29) is 0 Å². The van der Waals surface area contributed by atoms with Gasteiger partial charge in [-0.1, -0.05) is 40.2 Å². The Kier molecular flexibility index (Phi) is 4.20. The number of ether oxygens (including phenoxy) is 1. The average molecular weight is 346 g/mol. The fraction of sp³-hybridized carbons (Fsp3) is 0.333. The minimum atomic E-state index is 0.550. The lowest BCUT2D eigenvalue weighted by molar-refractivity contribution is 0.350. The van der Waals surface area contributed by atoms with Gasteiger partial charge in [-0.25, -0.2) is 0 Å². The molecule has 0 spiro atoms. The van der Waals surface area contributed by atoms with Gasteiger partial charge in [0.15, 0.2) is 0 Å². The van der Waals surface area contributed by atoms with E-state index in [1.165, 1.54) is 16.8 Å². The van der Waals surface area contributed by atoms with Crippen LogP contribution in [0, 0.1) is 6.92 Å². The largest absolute Gasteiger partial charge is 0.496 e. The van der Waals surface area contributed by atoms with Crippen molar-refractivity contribution in [1.82, 2.24) is 0 Å². The molecule has 0 atom stereocenters. The van der Waals surface area contributed by atoms with Gasteiger partial charge in [0.2, 0.25) is 0 Å². The number of anilines is 1. The number of nitrogens with one attached hydrogen (secondary N) is 1. The summed E-state index contributed by atoms with van der Waals surface area (Å²) in [5.74, 6) is 1.62. The van der Waals surface area contributed by atoms with Gasteiger partial charge >= 0.3 is 0 Å². The second kappa shape index (κ2) is 6.10. The summed E-state index contributed by atoms with van der Waals surface area (Å²) in [7, 11) is 1.75. The summed E-state index contributed by atoms with van der Waals surface area (Å²) in [6.07, 6.45) is 2.32. The Morgan fingerprint density at radius 2 is 1.90 bits per heavy atom. The van der Waals surface area contributed by atoms with E-state index in [1.807, 2.05) is 12.1 Å². The van der Waals surface area contributed by atoms with Gasteiger partial charge in [-0.2, -0.15) is 0 Å². The minimum Gasteiger partial charge on any atom is -0.496 e. The Labute approximate surface area is 134 Å². The predicted octanol–water partition coefficient (Wildman–Crippen LogP) is 5.12. The molecule has 2 aromatic carbocycles. The van der Waals surface area contributed by atoms with E-state index in [4.69, 9.17) is 4.74 Å². The van der Waals surface area contributed by atoms with Crippen LogP contribution in [0.3, 0.4) is 0 Å². The Hall–Kier alpha value is -1.48. The predicted molar refractivity (Wildman–Crippen MR) is 91.3 cm³/mol. The van der Waals surface area contributed by atoms with Crippen LogP contribution in [0.2, 0.25) is 0 Å². The van der Waals surface area contributed by atoms with E-state index in [9.17, 15) is 0 Å². The van der Waals surface area contributed by atoms with Crippen LogP contribution in [0.15, 0.2) is 46.9 Å². The molecule has 0 aliphatic heterocycles. The smallest absolute Gasteiger partial charge is 0.122 e. The van der Waals surface area contributed by atoms with E-state index in [1.54, 1.807) is 7.11 Å². The van der Waals surface area contributed by atoms with Crippen molar-refractivity contribution in [2.75, 3.05) is 12.4 Å². The molecular formula is C18H20BrNO. The second-order valence-corrected chi connectivity index (χ2v) is 6.57. The second-order valence-electron chi connectivity index (χ2n) is 5.72. The van der Waals surface area contributed by atoms with Crippen LogP contribution >= 0.6 is 15.9 Å². The SMILES string of the molecule is COc1ccccc1C1CC(Nc2ccc(C)c(Br)c2)C1. The number of hydrogen-bond donors (Lipinski definition) is 1. The molecule has 3 heteroatoms. The molecule has 0 radical (unpaired) electrons. The van der Waals surface area contributed by atoms with Crippen molar-refractivity contribution < 1.29 is 4.74 Å². The summed E-state index contributed by atoms with van der Waals surface area (Å²) in [6.45, 7) is 2.11. The van der Waals surface area contributed by atoms with Gasteiger partial charge in [0.05, 0.1) is 7.11 Å². The monoisotopic (exact) mass is 345 g/mol. The number of methoxy groups -OCH3 is 1. The third-order valence-corrected chi connectivity index (χ3v) is 5.11. The van der Waals surface area contributed by atoms with Gasteiger partial charge in [-0.15, -0.1) is 0 Å². The zero-order chi connectivity index (χ0) is 14.8. The normalized spacial score (nSPS) is 20.7. The lowest BCUT2D eigenvalue weighted by atomic mass is 9.75. The topological polar surface area (TPSA) is 21.3 Å². The summed E-state index contributed by atoms with van der Waals surface area (Å²) in [4.78, 5) is 0. The molecule has 1 fully saturated rings. The number of hydrogen-bond acceptors (Lipinski definition) is 2. The van der Waals surface area contributed by atoms with Gasteiger partial charge in [-0.05, 0) is 55.0 Å². The highest BCUT2D eigenvalue weighted by molar-refractivity contribution is 9.10. The average Bonchev–Trinajstić information content (AvgIpc) is 2.46. The van der Waals surface area contributed by atoms with E-state index >= 15 is 0 Å². The van der Waals surface area contributed by atoms with Gasteiger partial charge in [0.1, 0.15) is 5.75 Å². The molecule has 0 heterocycles. The molecule has 0 unspecified atom stereocenters. The van der Waals surface area contributed by atoms with Crippen LogP contribution in [0.1, 0.15) is 29.9 Å². The maximum Gasteiger partial charge on any atom is 0.122 e. The molecule has 1 aliphatic carbocycles. The molecule has 2 nitrogen and oxygen atoms in total. The van der Waals surface area contributed by atoms with Crippen LogP contribution < -0.4 is 10.1 Å². The molecule has 0 bridgehead atoms. The molecular weight excluding hydrogens is 326 g/mol. The number of rotatable bonds is 4. The van der Waals surface area contributed by atoms with Crippen molar-refractivity contribution in [3.8, 4) is 5.75 Å². The Morgan fingerprint density at radius 3 is 2.62 bits per heavy atom.